The van der Waals surface area contributed by atoms with Crippen molar-refractivity contribution in [2.24, 2.45) is 11.7 Å². The van der Waals surface area contributed by atoms with Crippen LogP contribution in [0, 0.1) is 5.92 Å². The first-order chi connectivity index (χ1) is 7.27. The van der Waals surface area contributed by atoms with Gasteiger partial charge in [0.2, 0.25) is 0 Å². The lowest BCUT2D eigenvalue weighted by atomic mass is 9.80. The molecule has 1 unspecified atom stereocenters. The molecule has 3 heteroatoms. The fourth-order valence-corrected chi connectivity index (χ4v) is 1.77. The third-order valence-electron chi connectivity index (χ3n) is 3.05. The molecule has 3 N–H and O–H groups in total. The highest BCUT2D eigenvalue weighted by molar-refractivity contribution is 5.37. The minimum absolute atomic E-state index is 0.0957. The van der Waals surface area contributed by atoms with Gasteiger partial charge in [-0.3, -0.25) is 0 Å². The van der Waals surface area contributed by atoms with Gasteiger partial charge in [-0.25, -0.2) is 0 Å². The van der Waals surface area contributed by atoms with E-state index < -0.39 is 0 Å². The molecule has 0 aromatic heterocycles. The van der Waals surface area contributed by atoms with Crippen LogP contribution in [0.1, 0.15) is 19.3 Å². The zero-order valence-corrected chi connectivity index (χ0v) is 8.73. The fourth-order valence-electron chi connectivity index (χ4n) is 1.77. The number of phenolic OH excluding ortho intramolecular Hbond substituents is 1. The third-order valence-corrected chi connectivity index (χ3v) is 3.05. The summed E-state index contributed by atoms with van der Waals surface area (Å²) in [6, 6.07) is 7.07. The van der Waals surface area contributed by atoms with E-state index in [1.807, 2.05) is 6.07 Å². The standard InChI is InChI=1S/C12H17NO2/c13-10(9-4-3-5-9)8-15-12-7-2-1-6-11(12)14/h1-2,6-7,9-10,14H,3-5,8,13H2. The summed E-state index contributed by atoms with van der Waals surface area (Å²) in [7, 11) is 0. The molecule has 0 spiro atoms. The first-order valence-corrected chi connectivity index (χ1v) is 5.44. The van der Waals surface area contributed by atoms with Gasteiger partial charge in [-0.2, -0.15) is 0 Å². The summed E-state index contributed by atoms with van der Waals surface area (Å²) >= 11 is 0. The molecule has 3 nitrogen and oxygen atoms in total. The van der Waals surface area contributed by atoms with Crippen LogP contribution in [0.4, 0.5) is 0 Å². The third kappa shape index (κ3) is 2.42. The van der Waals surface area contributed by atoms with Gasteiger partial charge in [0.15, 0.2) is 11.5 Å². The van der Waals surface area contributed by atoms with E-state index in [-0.39, 0.29) is 11.8 Å². The quantitative estimate of drug-likeness (QED) is 0.792. The summed E-state index contributed by atoms with van der Waals surface area (Å²) in [5.41, 5.74) is 5.97. The SMILES string of the molecule is NC(COc1ccccc1O)C1CCC1. The van der Waals surface area contributed by atoms with E-state index in [1.54, 1.807) is 18.2 Å². The van der Waals surface area contributed by atoms with Crippen LogP contribution < -0.4 is 10.5 Å². The van der Waals surface area contributed by atoms with Crippen molar-refractivity contribution in [3.8, 4) is 11.5 Å². The summed E-state index contributed by atoms with van der Waals surface area (Å²) in [6.07, 6.45) is 3.71. The minimum Gasteiger partial charge on any atom is -0.504 e. The van der Waals surface area contributed by atoms with Crippen LogP contribution in [0.5, 0.6) is 11.5 Å². The zero-order chi connectivity index (χ0) is 10.7. The Balaban J connectivity index is 1.84. The highest BCUT2D eigenvalue weighted by Gasteiger charge is 2.24. The molecule has 1 aliphatic rings. The average molecular weight is 207 g/mol. The molecule has 0 aliphatic heterocycles. The van der Waals surface area contributed by atoms with E-state index in [1.165, 1.54) is 19.3 Å². The number of para-hydroxylation sites is 2. The molecule has 1 atom stereocenters. The molecule has 82 valence electrons. The number of nitrogens with two attached hydrogens (primary N) is 1. The van der Waals surface area contributed by atoms with Gasteiger partial charge >= 0.3 is 0 Å². The number of ether oxygens (including phenoxy) is 1. The van der Waals surface area contributed by atoms with Crippen LogP contribution in [-0.2, 0) is 0 Å². The van der Waals surface area contributed by atoms with Gasteiger partial charge in [-0.15, -0.1) is 0 Å². The van der Waals surface area contributed by atoms with Gasteiger partial charge in [-0.1, -0.05) is 18.6 Å². The van der Waals surface area contributed by atoms with Crippen LogP contribution in [0.3, 0.4) is 0 Å². The molecule has 2 rings (SSSR count). The summed E-state index contributed by atoms with van der Waals surface area (Å²) < 4.78 is 5.48. The van der Waals surface area contributed by atoms with Gasteiger partial charge in [0.05, 0.1) is 0 Å². The summed E-state index contributed by atoms with van der Waals surface area (Å²) in [5, 5.41) is 9.47. The van der Waals surface area contributed by atoms with Crippen molar-refractivity contribution in [3.63, 3.8) is 0 Å². The molecule has 0 bridgehead atoms. The van der Waals surface area contributed by atoms with Crippen molar-refractivity contribution in [2.75, 3.05) is 6.61 Å². The number of rotatable bonds is 4. The van der Waals surface area contributed by atoms with Gasteiger partial charge in [-0.05, 0) is 30.9 Å². The van der Waals surface area contributed by atoms with Crippen molar-refractivity contribution in [3.05, 3.63) is 24.3 Å². The molecular weight excluding hydrogens is 190 g/mol. The monoisotopic (exact) mass is 207 g/mol. The Morgan fingerprint density at radius 1 is 1.40 bits per heavy atom. The van der Waals surface area contributed by atoms with Crippen molar-refractivity contribution in [2.45, 2.75) is 25.3 Å². The summed E-state index contributed by atoms with van der Waals surface area (Å²) in [5.74, 6) is 1.31. The van der Waals surface area contributed by atoms with E-state index in [4.69, 9.17) is 10.5 Å². The lowest BCUT2D eigenvalue weighted by molar-refractivity contribution is 0.185. The van der Waals surface area contributed by atoms with Crippen molar-refractivity contribution in [1.29, 1.82) is 0 Å². The molecule has 0 heterocycles. The Hall–Kier alpha value is -1.22. The summed E-state index contributed by atoms with van der Waals surface area (Å²) in [6.45, 7) is 0.488. The number of benzene rings is 1. The van der Waals surface area contributed by atoms with Crippen LogP contribution in [-0.4, -0.2) is 17.8 Å². The Labute approximate surface area is 89.9 Å². The van der Waals surface area contributed by atoms with E-state index in [0.717, 1.165) is 0 Å². The second-order valence-corrected chi connectivity index (χ2v) is 4.13. The summed E-state index contributed by atoms with van der Waals surface area (Å²) in [4.78, 5) is 0. The van der Waals surface area contributed by atoms with Crippen LogP contribution in [0.15, 0.2) is 24.3 Å². The molecule has 0 radical (unpaired) electrons. The maximum Gasteiger partial charge on any atom is 0.160 e. The minimum atomic E-state index is 0.0957. The topological polar surface area (TPSA) is 55.5 Å². The van der Waals surface area contributed by atoms with E-state index in [2.05, 4.69) is 0 Å². The normalized spacial score (nSPS) is 18.2. The Morgan fingerprint density at radius 2 is 2.13 bits per heavy atom. The zero-order valence-electron chi connectivity index (χ0n) is 8.73. The molecular formula is C12H17NO2. The van der Waals surface area contributed by atoms with Gasteiger partial charge < -0.3 is 15.6 Å². The maximum atomic E-state index is 9.47. The predicted molar refractivity (Wildman–Crippen MR) is 58.9 cm³/mol. The first kappa shape index (κ1) is 10.3. The van der Waals surface area contributed by atoms with Gasteiger partial charge in [0, 0.05) is 6.04 Å². The van der Waals surface area contributed by atoms with Crippen molar-refractivity contribution >= 4 is 0 Å². The van der Waals surface area contributed by atoms with Gasteiger partial charge in [0.1, 0.15) is 6.61 Å². The molecule has 1 aromatic carbocycles. The van der Waals surface area contributed by atoms with E-state index in [9.17, 15) is 5.11 Å². The first-order valence-electron chi connectivity index (χ1n) is 5.44. The van der Waals surface area contributed by atoms with Crippen LogP contribution in [0.2, 0.25) is 0 Å². The lowest BCUT2D eigenvalue weighted by Crippen LogP contribution is -2.39. The number of hydrogen-bond acceptors (Lipinski definition) is 3. The molecule has 1 fully saturated rings. The molecule has 0 amide bonds. The molecule has 1 saturated carbocycles. The molecule has 1 aromatic rings. The highest BCUT2D eigenvalue weighted by atomic mass is 16.5. The lowest BCUT2D eigenvalue weighted by Gasteiger charge is -2.30. The Kier molecular flexibility index (Phi) is 3.11. The number of phenols is 1. The smallest absolute Gasteiger partial charge is 0.160 e. The van der Waals surface area contributed by atoms with E-state index in [0.29, 0.717) is 18.3 Å². The second kappa shape index (κ2) is 4.53. The second-order valence-electron chi connectivity index (χ2n) is 4.13. The number of hydrogen-bond donors (Lipinski definition) is 2. The van der Waals surface area contributed by atoms with E-state index >= 15 is 0 Å². The van der Waals surface area contributed by atoms with Gasteiger partial charge in [0.25, 0.3) is 0 Å². The average Bonchev–Trinajstić information content (AvgIpc) is 2.14. The van der Waals surface area contributed by atoms with Crippen LogP contribution in [0.25, 0.3) is 0 Å². The Morgan fingerprint density at radius 3 is 2.73 bits per heavy atom. The molecule has 0 saturated heterocycles. The molecule has 1 aliphatic carbocycles. The van der Waals surface area contributed by atoms with Crippen molar-refractivity contribution in [1.82, 2.24) is 0 Å². The van der Waals surface area contributed by atoms with Crippen molar-refractivity contribution < 1.29 is 9.84 Å². The fraction of sp³-hybridized carbons (Fsp3) is 0.500. The molecule has 15 heavy (non-hydrogen) atoms. The maximum absolute atomic E-state index is 9.47. The highest BCUT2D eigenvalue weighted by Crippen LogP contribution is 2.30. The predicted octanol–water partition coefficient (Wildman–Crippen LogP) is 1.90. The largest absolute Gasteiger partial charge is 0.504 e. The Bertz CT molecular complexity index is 323. The van der Waals surface area contributed by atoms with Crippen LogP contribution >= 0.6 is 0 Å². The number of aromatic hydroxyl groups is 1.